The third kappa shape index (κ3) is 1.47. The first-order valence-electron chi connectivity index (χ1n) is 5.47. The Morgan fingerprint density at radius 1 is 1.00 bits per heavy atom. The minimum atomic E-state index is 0.273. The van der Waals surface area contributed by atoms with Crippen LogP contribution in [0, 0.1) is 0 Å². The molecule has 0 aliphatic heterocycles. The topological polar surface area (TPSA) is 38.0 Å². The van der Waals surface area contributed by atoms with E-state index in [1.165, 1.54) is 0 Å². The average Bonchev–Trinajstić information content (AvgIpc) is 2.70. The molecule has 0 atom stereocenters. The first-order valence-corrected chi connectivity index (χ1v) is 5.47. The fraction of sp³-hybridized carbons (Fsp3) is 0.0714. The molecule has 17 heavy (non-hydrogen) atoms. The van der Waals surface area contributed by atoms with E-state index in [1.54, 1.807) is 10.7 Å². The molecule has 0 amide bonds. The van der Waals surface area contributed by atoms with Crippen LogP contribution < -0.4 is 0 Å². The van der Waals surface area contributed by atoms with Crippen molar-refractivity contribution in [3.63, 3.8) is 0 Å². The molecule has 0 aliphatic carbocycles. The van der Waals surface area contributed by atoms with Crippen LogP contribution in [0.2, 0.25) is 0 Å². The zero-order chi connectivity index (χ0) is 11.8. The van der Waals surface area contributed by atoms with E-state index >= 15 is 0 Å². The van der Waals surface area contributed by atoms with Gasteiger partial charge >= 0.3 is 0 Å². The van der Waals surface area contributed by atoms with Crippen molar-refractivity contribution in [3.05, 3.63) is 48.5 Å². The molecule has 2 aromatic carbocycles. The Kier molecular flexibility index (Phi) is 2.11. The molecular formula is C14H12N2O. The number of nitrogens with zero attached hydrogens (tertiary/aromatic N) is 2. The molecule has 0 spiro atoms. The summed E-state index contributed by atoms with van der Waals surface area (Å²) in [6.07, 6.45) is 0. The van der Waals surface area contributed by atoms with Crippen LogP contribution in [-0.2, 0) is 7.05 Å². The third-order valence-corrected chi connectivity index (χ3v) is 2.90. The van der Waals surface area contributed by atoms with Gasteiger partial charge in [-0.1, -0.05) is 36.4 Å². The second-order valence-electron chi connectivity index (χ2n) is 4.01. The number of aromatic hydroxyl groups is 1. The number of rotatable bonds is 1. The van der Waals surface area contributed by atoms with E-state index in [9.17, 15) is 5.11 Å². The van der Waals surface area contributed by atoms with Crippen LogP contribution in [0.4, 0.5) is 0 Å². The van der Waals surface area contributed by atoms with Crippen molar-refractivity contribution >= 4 is 10.9 Å². The Bertz CT molecular complexity index is 671. The molecule has 3 rings (SSSR count). The molecule has 3 heteroatoms. The summed E-state index contributed by atoms with van der Waals surface area (Å²) in [7, 11) is 1.88. The van der Waals surface area contributed by atoms with Crippen LogP contribution in [0.1, 0.15) is 0 Å². The summed E-state index contributed by atoms with van der Waals surface area (Å²) >= 11 is 0. The molecule has 1 N–H and O–H groups in total. The highest BCUT2D eigenvalue weighted by Crippen LogP contribution is 2.33. The fourth-order valence-corrected chi connectivity index (χ4v) is 2.09. The van der Waals surface area contributed by atoms with Gasteiger partial charge in [-0.3, -0.25) is 4.68 Å². The van der Waals surface area contributed by atoms with E-state index in [4.69, 9.17) is 0 Å². The second-order valence-corrected chi connectivity index (χ2v) is 4.01. The molecular weight excluding hydrogens is 212 g/mol. The van der Waals surface area contributed by atoms with Gasteiger partial charge < -0.3 is 5.11 Å². The third-order valence-electron chi connectivity index (χ3n) is 2.90. The van der Waals surface area contributed by atoms with Crippen LogP contribution in [0.3, 0.4) is 0 Å². The van der Waals surface area contributed by atoms with E-state index < -0.39 is 0 Å². The number of hydrogen-bond acceptors (Lipinski definition) is 2. The first kappa shape index (κ1) is 9.90. The predicted octanol–water partition coefficient (Wildman–Crippen LogP) is 2.95. The van der Waals surface area contributed by atoms with Crippen LogP contribution in [0.15, 0.2) is 48.5 Å². The van der Waals surface area contributed by atoms with Gasteiger partial charge in [-0.25, -0.2) is 0 Å². The van der Waals surface area contributed by atoms with Crippen LogP contribution in [0.25, 0.3) is 22.2 Å². The summed E-state index contributed by atoms with van der Waals surface area (Å²) in [5.74, 6) is 0.273. The lowest BCUT2D eigenvalue weighted by Gasteiger charge is -1.98. The molecule has 0 fully saturated rings. The van der Waals surface area contributed by atoms with Gasteiger partial charge in [-0.15, -0.1) is 0 Å². The molecule has 0 bridgehead atoms. The van der Waals surface area contributed by atoms with Gasteiger partial charge in [0.25, 0.3) is 0 Å². The van der Waals surface area contributed by atoms with E-state index in [-0.39, 0.29) is 5.75 Å². The summed E-state index contributed by atoms with van der Waals surface area (Å²) in [6.45, 7) is 0. The Balaban J connectivity index is 2.38. The maximum atomic E-state index is 9.97. The van der Waals surface area contributed by atoms with Gasteiger partial charge in [-0.05, 0) is 12.1 Å². The van der Waals surface area contributed by atoms with Crippen LogP contribution >= 0.6 is 0 Å². The minimum absolute atomic E-state index is 0.273. The Hall–Kier alpha value is -2.29. The monoisotopic (exact) mass is 224 g/mol. The fourth-order valence-electron chi connectivity index (χ4n) is 2.09. The molecule has 3 aromatic rings. The van der Waals surface area contributed by atoms with Gasteiger partial charge in [0.15, 0.2) is 0 Å². The Labute approximate surface area is 98.9 Å². The SMILES string of the molecule is Cn1nc(-c2ccccc2)c2c(O)cccc21. The van der Waals surface area contributed by atoms with Gasteiger partial charge in [0.05, 0.1) is 10.9 Å². The highest BCUT2D eigenvalue weighted by atomic mass is 16.3. The molecule has 0 saturated heterocycles. The average molecular weight is 224 g/mol. The normalized spacial score (nSPS) is 10.9. The number of aromatic nitrogens is 2. The van der Waals surface area contributed by atoms with Gasteiger partial charge in [0.1, 0.15) is 11.4 Å². The van der Waals surface area contributed by atoms with Gasteiger partial charge in [-0.2, -0.15) is 5.10 Å². The molecule has 0 unspecified atom stereocenters. The molecule has 0 saturated carbocycles. The molecule has 3 nitrogen and oxygen atoms in total. The highest BCUT2D eigenvalue weighted by Gasteiger charge is 2.13. The standard InChI is InChI=1S/C14H12N2O/c1-16-11-8-5-9-12(17)13(11)14(15-16)10-6-3-2-4-7-10/h2-9,17H,1H3. The highest BCUT2D eigenvalue weighted by molar-refractivity contribution is 5.97. The zero-order valence-electron chi connectivity index (χ0n) is 9.46. The molecule has 1 heterocycles. The largest absolute Gasteiger partial charge is 0.507 e. The summed E-state index contributed by atoms with van der Waals surface area (Å²) in [4.78, 5) is 0. The first-order chi connectivity index (χ1) is 8.27. The van der Waals surface area contributed by atoms with Crippen molar-refractivity contribution in [1.29, 1.82) is 0 Å². The van der Waals surface area contributed by atoms with Crippen molar-refractivity contribution in [2.45, 2.75) is 0 Å². The number of hydrogen-bond donors (Lipinski definition) is 1. The van der Waals surface area contributed by atoms with E-state index in [0.29, 0.717) is 0 Å². The maximum absolute atomic E-state index is 9.97. The molecule has 0 radical (unpaired) electrons. The lowest BCUT2D eigenvalue weighted by molar-refractivity contribution is 0.482. The smallest absolute Gasteiger partial charge is 0.127 e. The Morgan fingerprint density at radius 2 is 1.76 bits per heavy atom. The van der Waals surface area contributed by atoms with Gasteiger partial charge in [0.2, 0.25) is 0 Å². The van der Waals surface area contributed by atoms with Crippen molar-refractivity contribution in [3.8, 4) is 17.0 Å². The lowest BCUT2D eigenvalue weighted by Crippen LogP contribution is -1.89. The molecule has 1 aromatic heterocycles. The van der Waals surface area contributed by atoms with E-state index in [2.05, 4.69) is 5.10 Å². The zero-order valence-corrected chi connectivity index (χ0v) is 9.46. The number of benzene rings is 2. The molecule has 0 aliphatic rings. The van der Waals surface area contributed by atoms with Gasteiger partial charge in [0, 0.05) is 12.6 Å². The van der Waals surface area contributed by atoms with Crippen LogP contribution in [-0.4, -0.2) is 14.9 Å². The lowest BCUT2D eigenvalue weighted by atomic mass is 10.1. The van der Waals surface area contributed by atoms with Crippen molar-refractivity contribution in [1.82, 2.24) is 9.78 Å². The second kappa shape index (κ2) is 3.63. The van der Waals surface area contributed by atoms with Crippen molar-refractivity contribution in [2.75, 3.05) is 0 Å². The van der Waals surface area contributed by atoms with E-state index in [1.807, 2.05) is 49.5 Å². The van der Waals surface area contributed by atoms with Crippen LogP contribution in [0.5, 0.6) is 5.75 Å². The number of phenolic OH excluding ortho intramolecular Hbond substituents is 1. The molecule has 84 valence electrons. The summed E-state index contributed by atoms with van der Waals surface area (Å²) in [6, 6.07) is 15.4. The summed E-state index contributed by atoms with van der Waals surface area (Å²) < 4.78 is 1.79. The Morgan fingerprint density at radius 3 is 2.53 bits per heavy atom. The van der Waals surface area contributed by atoms with Crippen molar-refractivity contribution in [2.24, 2.45) is 7.05 Å². The summed E-state index contributed by atoms with van der Waals surface area (Å²) in [5.41, 5.74) is 2.77. The van der Waals surface area contributed by atoms with Crippen molar-refractivity contribution < 1.29 is 5.11 Å². The summed E-state index contributed by atoms with van der Waals surface area (Å²) in [5, 5.41) is 15.3. The van der Waals surface area contributed by atoms with E-state index in [0.717, 1.165) is 22.2 Å². The number of fused-ring (bicyclic) bond motifs is 1. The number of aryl methyl sites for hydroxylation is 1. The predicted molar refractivity (Wildman–Crippen MR) is 67.8 cm³/mol. The minimum Gasteiger partial charge on any atom is -0.507 e. The maximum Gasteiger partial charge on any atom is 0.127 e. The quantitative estimate of drug-likeness (QED) is 0.690. The number of phenols is 1.